The Kier molecular flexibility index (Phi) is 3.88. The van der Waals surface area contributed by atoms with Crippen molar-refractivity contribution in [2.45, 2.75) is 33.1 Å². The van der Waals surface area contributed by atoms with E-state index in [0.717, 1.165) is 23.0 Å². The van der Waals surface area contributed by atoms with Crippen LogP contribution < -0.4 is 4.57 Å². The Morgan fingerprint density at radius 3 is 2.35 bits per heavy atom. The first kappa shape index (κ1) is 15.6. The number of benzene rings is 2. The van der Waals surface area contributed by atoms with E-state index in [4.69, 9.17) is 0 Å². The summed E-state index contributed by atoms with van der Waals surface area (Å²) < 4.78 is 43.0. The highest BCUT2D eigenvalue weighted by molar-refractivity contribution is 5.73. The molecule has 0 aliphatic carbocycles. The van der Waals surface area contributed by atoms with Crippen LogP contribution in [0.3, 0.4) is 0 Å². The van der Waals surface area contributed by atoms with Crippen LogP contribution >= 0.6 is 0 Å². The lowest BCUT2D eigenvalue weighted by molar-refractivity contribution is -0.669. The number of imidazole rings is 1. The number of alkyl halides is 3. The molecule has 0 bridgehead atoms. The minimum atomic E-state index is -4.32. The summed E-state index contributed by atoms with van der Waals surface area (Å²) in [7, 11) is 0. The Balaban J connectivity index is 2.17. The summed E-state index contributed by atoms with van der Waals surface area (Å²) in [4.78, 5) is 0. The topological polar surface area (TPSA) is 8.81 Å². The van der Waals surface area contributed by atoms with Gasteiger partial charge in [-0.3, -0.25) is 0 Å². The van der Waals surface area contributed by atoms with Crippen molar-refractivity contribution in [2.75, 3.05) is 0 Å². The highest BCUT2D eigenvalue weighted by atomic mass is 19.4. The highest BCUT2D eigenvalue weighted by Crippen LogP contribution is 2.31. The van der Waals surface area contributed by atoms with Gasteiger partial charge >= 0.3 is 6.18 Å². The molecule has 0 amide bonds. The van der Waals surface area contributed by atoms with E-state index in [2.05, 4.69) is 4.57 Å². The van der Waals surface area contributed by atoms with Gasteiger partial charge in [-0.05, 0) is 24.6 Å². The van der Waals surface area contributed by atoms with Gasteiger partial charge in [0, 0.05) is 13.0 Å². The average molecular weight is 319 g/mol. The van der Waals surface area contributed by atoms with Crippen molar-refractivity contribution in [3.63, 3.8) is 0 Å². The lowest BCUT2D eigenvalue weighted by Crippen LogP contribution is -2.37. The summed E-state index contributed by atoms with van der Waals surface area (Å²) in [5.74, 6) is 0.950. The molecule has 1 aromatic heterocycles. The van der Waals surface area contributed by atoms with Crippen LogP contribution in [0.4, 0.5) is 13.2 Å². The zero-order valence-corrected chi connectivity index (χ0v) is 13.1. The number of nitrogens with zero attached hydrogens (tertiary/aromatic N) is 2. The number of hydrogen-bond acceptors (Lipinski definition) is 0. The van der Waals surface area contributed by atoms with E-state index < -0.39 is 11.7 Å². The first-order chi connectivity index (χ1) is 10.9. The van der Waals surface area contributed by atoms with E-state index >= 15 is 0 Å². The largest absolute Gasteiger partial charge is 0.416 e. The molecule has 0 spiro atoms. The first-order valence-corrected chi connectivity index (χ1v) is 7.55. The van der Waals surface area contributed by atoms with Gasteiger partial charge in [0.2, 0.25) is 0 Å². The maximum atomic E-state index is 13.0. The maximum absolute atomic E-state index is 13.0. The number of rotatable bonds is 3. The van der Waals surface area contributed by atoms with Gasteiger partial charge in [0.15, 0.2) is 11.0 Å². The van der Waals surface area contributed by atoms with Crippen molar-refractivity contribution in [3.8, 4) is 0 Å². The van der Waals surface area contributed by atoms with Gasteiger partial charge in [-0.2, -0.15) is 13.2 Å². The Morgan fingerprint density at radius 2 is 1.74 bits per heavy atom. The minimum absolute atomic E-state index is 0.607. The Hall–Kier alpha value is -2.30. The predicted molar refractivity (Wildman–Crippen MR) is 83.1 cm³/mol. The molecule has 3 rings (SSSR count). The van der Waals surface area contributed by atoms with Crippen LogP contribution in [0, 0.1) is 6.92 Å². The molecule has 0 radical (unpaired) electrons. The van der Waals surface area contributed by atoms with Crippen LogP contribution in [0.25, 0.3) is 11.0 Å². The minimum Gasteiger partial charge on any atom is -0.228 e. The fourth-order valence-corrected chi connectivity index (χ4v) is 3.00. The molecule has 5 heteroatoms. The summed E-state index contributed by atoms with van der Waals surface area (Å²) in [6.07, 6.45) is -4.32. The molecule has 0 saturated carbocycles. The van der Waals surface area contributed by atoms with E-state index in [1.165, 1.54) is 6.07 Å². The monoisotopic (exact) mass is 319 g/mol. The van der Waals surface area contributed by atoms with E-state index in [1.807, 2.05) is 48.7 Å². The molecule has 0 atom stereocenters. The summed E-state index contributed by atoms with van der Waals surface area (Å²) in [6.45, 7) is 5.16. The normalized spacial score (nSPS) is 12.0. The first-order valence-electron chi connectivity index (χ1n) is 7.55. The van der Waals surface area contributed by atoms with Crippen molar-refractivity contribution in [2.24, 2.45) is 0 Å². The lowest BCUT2D eigenvalue weighted by Gasteiger charge is -2.05. The van der Waals surface area contributed by atoms with Crippen LogP contribution in [-0.2, 0) is 19.3 Å². The number of aromatic nitrogens is 2. The van der Waals surface area contributed by atoms with Crippen LogP contribution in [-0.4, -0.2) is 4.57 Å². The molecular weight excluding hydrogens is 301 g/mol. The SMILES string of the molecule is CCn1c(C)[n+](Cc2ccccc2)c2ccc(C(F)(F)F)cc21. The van der Waals surface area contributed by atoms with Gasteiger partial charge < -0.3 is 0 Å². The van der Waals surface area contributed by atoms with Crippen molar-refractivity contribution >= 4 is 11.0 Å². The molecule has 0 unspecified atom stereocenters. The molecule has 120 valence electrons. The van der Waals surface area contributed by atoms with Crippen LogP contribution in [0.1, 0.15) is 23.9 Å². The van der Waals surface area contributed by atoms with Crippen LogP contribution in [0.5, 0.6) is 0 Å². The van der Waals surface area contributed by atoms with Crippen LogP contribution in [0.15, 0.2) is 48.5 Å². The molecule has 2 nitrogen and oxygen atoms in total. The number of fused-ring (bicyclic) bond motifs is 1. The molecule has 0 aliphatic heterocycles. The van der Waals surface area contributed by atoms with E-state index in [1.54, 1.807) is 6.07 Å². The van der Waals surface area contributed by atoms with Gasteiger partial charge in [0.25, 0.3) is 5.82 Å². The third kappa shape index (κ3) is 2.83. The molecular formula is C18H18F3N2+. The molecule has 3 aromatic rings. The number of aryl methyl sites for hydroxylation is 1. The molecule has 0 N–H and O–H groups in total. The summed E-state index contributed by atoms with van der Waals surface area (Å²) in [5.41, 5.74) is 1.96. The van der Waals surface area contributed by atoms with Crippen molar-refractivity contribution in [1.29, 1.82) is 0 Å². The zero-order chi connectivity index (χ0) is 16.6. The second-order valence-electron chi connectivity index (χ2n) is 5.56. The zero-order valence-electron chi connectivity index (χ0n) is 13.1. The van der Waals surface area contributed by atoms with Gasteiger partial charge in [-0.25, -0.2) is 9.13 Å². The quantitative estimate of drug-likeness (QED) is 0.636. The molecule has 2 aromatic carbocycles. The van der Waals surface area contributed by atoms with Crippen LogP contribution in [0.2, 0.25) is 0 Å². The highest BCUT2D eigenvalue weighted by Gasteiger charge is 2.32. The molecule has 1 heterocycles. The maximum Gasteiger partial charge on any atom is 0.416 e. The van der Waals surface area contributed by atoms with E-state index in [0.29, 0.717) is 18.6 Å². The molecule has 0 aliphatic rings. The van der Waals surface area contributed by atoms with Crippen molar-refractivity contribution < 1.29 is 17.7 Å². The fourth-order valence-electron chi connectivity index (χ4n) is 3.00. The van der Waals surface area contributed by atoms with Gasteiger partial charge in [-0.1, -0.05) is 30.3 Å². The molecule has 0 fully saturated rings. The van der Waals surface area contributed by atoms with Gasteiger partial charge in [0.05, 0.1) is 12.1 Å². The number of hydrogen-bond donors (Lipinski definition) is 0. The average Bonchev–Trinajstić information content (AvgIpc) is 2.79. The van der Waals surface area contributed by atoms with E-state index in [-0.39, 0.29) is 0 Å². The Labute approximate surface area is 132 Å². The predicted octanol–water partition coefficient (Wildman–Crippen LogP) is 4.32. The van der Waals surface area contributed by atoms with Crippen molar-refractivity contribution in [3.05, 3.63) is 65.5 Å². The third-order valence-corrected chi connectivity index (χ3v) is 4.17. The molecule has 23 heavy (non-hydrogen) atoms. The third-order valence-electron chi connectivity index (χ3n) is 4.17. The second kappa shape index (κ2) is 5.72. The Bertz CT molecular complexity index is 833. The lowest BCUT2D eigenvalue weighted by atomic mass is 10.2. The van der Waals surface area contributed by atoms with Gasteiger partial charge in [0.1, 0.15) is 6.54 Å². The van der Waals surface area contributed by atoms with Gasteiger partial charge in [-0.15, -0.1) is 0 Å². The number of halogens is 3. The summed E-state index contributed by atoms with van der Waals surface area (Å²) >= 11 is 0. The standard InChI is InChI=1S/C18H18F3N2/c1-3-22-13(2)23(12-14-7-5-4-6-8-14)16-10-9-15(11-17(16)22)18(19,20)21/h4-11H,3,12H2,1-2H3/q+1. The second-order valence-corrected chi connectivity index (χ2v) is 5.56. The fraction of sp³-hybridized carbons (Fsp3) is 0.278. The Morgan fingerprint density at radius 1 is 1.04 bits per heavy atom. The smallest absolute Gasteiger partial charge is 0.228 e. The van der Waals surface area contributed by atoms with Crippen molar-refractivity contribution in [1.82, 2.24) is 4.57 Å². The molecule has 0 saturated heterocycles. The summed E-state index contributed by atoms with van der Waals surface area (Å²) in [6, 6.07) is 13.9. The summed E-state index contributed by atoms with van der Waals surface area (Å²) in [5, 5.41) is 0. The van der Waals surface area contributed by atoms with E-state index in [9.17, 15) is 13.2 Å².